The van der Waals surface area contributed by atoms with Gasteiger partial charge in [-0.2, -0.15) is 0 Å². The number of hydrogen-bond donors (Lipinski definition) is 2. The first kappa shape index (κ1) is 15.1. The van der Waals surface area contributed by atoms with Crippen molar-refractivity contribution in [3.8, 4) is 0 Å². The molecule has 2 N–H and O–H groups in total. The van der Waals surface area contributed by atoms with Crippen molar-refractivity contribution in [3.63, 3.8) is 0 Å². The molecule has 2 atom stereocenters. The highest BCUT2D eigenvalue weighted by Crippen LogP contribution is 2.10. The smallest absolute Gasteiger partial charge is 0.220 e. The minimum atomic E-state index is 0.0176. The van der Waals surface area contributed by atoms with Crippen molar-refractivity contribution in [3.05, 3.63) is 16.1 Å². The lowest BCUT2D eigenvalue weighted by atomic mass is 10.0. The van der Waals surface area contributed by atoms with Gasteiger partial charge < -0.3 is 10.4 Å². The van der Waals surface area contributed by atoms with Crippen LogP contribution in [0.15, 0.2) is 5.38 Å². The molecule has 1 amide bonds. The number of thiazole rings is 1. The van der Waals surface area contributed by atoms with Crippen LogP contribution in [-0.2, 0) is 11.2 Å². The molecule has 1 heterocycles. The number of hydrogen-bond acceptors (Lipinski definition) is 4. The fraction of sp³-hybridized carbons (Fsp3) is 0.692. The van der Waals surface area contributed by atoms with Crippen LogP contribution in [0.25, 0.3) is 0 Å². The van der Waals surface area contributed by atoms with Gasteiger partial charge >= 0.3 is 0 Å². The number of carbonyl (C=O) groups is 1. The first-order chi connectivity index (χ1) is 8.52. The third-order valence-electron chi connectivity index (χ3n) is 3.03. The van der Waals surface area contributed by atoms with E-state index in [-0.39, 0.29) is 24.5 Å². The van der Waals surface area contributed by atoms with Gasteiger partial charge in [-0.25, -0.2) is 4.98 Å². The summed E-state index contributed by atoms with van der Waals surface area (Å²) in [6, 6.07) is 0.0176. The van der Waals surface area contributed by atoms with Gasteiger partial charge in [-0.3, -0.25) is 4.79 Å². The molecule has 18 heavy (non-hydrogen) atoms. The second-order valence-electron chi connectivity index (χ2n) is 4.73. The Labute approximate surface area is 112 Å². The summed E-state index contributed by atoms with van der Waals surface area (Å²) >= 11 is 1.64. The van der Waals surface area contributed by atoms with Crippen molar-refractivity contribution in [2.45, 2.75) is 46.1 Å². The number of aliphatic hydroxyl groups excluding tert-OH is 1. The Morgan fingerprint density at radius 3 is 2.83 bits per heavy atom. The number of aryl methyl sites for hydroxylation is 2. The van der Waals surface area contributed by atoms with Gasteiger partial charge in [0, 0.05) is 24.4 Å². The van der Waals surface area contributed by atoms with E-state index >= 15 is 0 Å². The summed E-state index contributed by atoms with van der Waals surface area (Å²) in [6.07, 6.45) is 2.18. The van der Waals surface area contributed by atoms with Gasteiger partial charge in [0.2, 0.25) is 5.91 Å². The van der Waals surface area contributed by atoms with Gasteiger partial charge in [-0.15, -0.1) is 11.3 Å². The molecule has 0 fully saturated rings. The van der Waals surface area contributed by atoms with Crippen LogP contribution < -0.4 is 5.32 Å². The molecular formula is C13H22N2O2S. The third kappa shape index (κ3) is 5.14. The van der Waals surface area contributed by atoms with Crippen LogP contribution in [0.2, 0.25) is 0 Å². The second kappa shape index (κ2) is 7.48. The van der Waals surface area contributed by atoms with Gasteiger partial charge in [0.15, 0.2) is 0 Å². The number of aliphatic hydroxyl groups is 1. The predicted octanol–water partition coefficient (Wildman–Crippen LogP) is 1.91. The Morgan fingerprint density at radius 1 is 1.56 bits per heavy atom. The molecular weight excluding hydrogens is 248 g/mol. The van der Waals surface area contributed by atoms with E-state index in [0.717, 1.165) is 23.5 Å². The van der Waals surface area contributed by atoms with E-state index in [9.17, 15) is 4.79 Å². The predicted molar refractivity (Wildman–Crippen MR) is 73.6 cm³/mol. The topological polar surface area (TPSA) is 62.2 Å². The Morgan fingerprint density at radius 2 is 2.28 bits per heavy atom. The average Bonchev–Trinajstić information content (AvgIpc) is 2.73. The molecule has 0 radical (unpaired) electrons. The number of aromatic nitrogens is 1. The standard InChI is InChI=1S/C13H22N2O2S/c1-9(7-16)10(2)14-13(17)6-4-5-12-8-18-11(3)15-12/h8-10,16H,4-7H2,1-3H3,(H,14,17). The van der Waals surface area contributed by atoms with Gasteiger partial charge in [-0.1, -0.05) is 6.92 Å². The molecule has 4 nitrogen and oxygen atoms in total. The molecule has 5 heteroatoms. The van der Waals surface area contributed by atoms with E-state index in [1.165, 1.54) is 0 Å². The molecule has 0 spiro atoms. The minimum absolute atomic E-state index is 0.0176. The number of nitrogens with zero attached hydrogens (tertiary/aromatic N) is 1. The highest BCUT2D eigenvalue weighted by Gasteiger charge is 2.13. The molecule has 1 aromatic heterocycles. The summed E-state index contributed by atoms with van der Waals surface area (Å²) in [5.74, 6) is 0.143. The van der Waals surface area contributed by atoms with Crippen LogP contribution in [0.3, 0.4) is 0 Å². The fourth-order valence-corrected chi connectivity index (χ4v) is 2.23. The van der Waals surface area contributed by atoms with E-state index in [1.54, 1.807) is 11.3 Å². The normalized spacial score (nSPS) is 14.2. The molecule has 0 saturated carbocycles. The van der Waals surface area contributed by atoms with Crippen LogP contribution in [0.5, 0.6) is 0 Å². The molecule has 0 bridgehead atoms. The van der Waals surface area contributed by atoms with Crippen LogP contribution in [0.4, 0.5) is 0 Å². The van der Waals surface area contributed by atoms with Crippen molar-refractivity contribution in [1.29, 1.82) is 0 Å². The third-order valence-corrected chi connectivity index (χ3v) is 3.86. The van der Waals surface area contributed by atoms with Crippen LogP contribution in [0, 0.1) is 12.8 Å². The Hall–Kier alpha value is -0.940. The summed E-state index contributed by atoms with van der Waals surface area (Å²) in [7, 11) is 0. The van der Waals surface area contributed by atoms with E-state index in [1.807, 2.05) is 26.2 Å². The van der Waals surface area contributed by atoms with Gasteiger partial charge in [0.1, 0.15) is 0 Å². The zero-order chi connectivity index (χ0) is 13.5. The van der Waals surface area contributed by atoms with Crippen LogP contribution in [0.1, 0.15) is 37.4 Å². The lowest BCUT2D eigenvalue weighted by molar-refractivity contribution is -0.122. The summed E-state index contributed by atoms with van der Waals surface area (Å²) in [6.45, 7) is 5.92. The largest absolute Gasteiger partial charge is 0.396 e. The molecule has 0 aliphatic heterocycles. The maximum absolute atomic E-state index is 11.7. The zero-order valence-corrected chi connectivity index (χ0v) is 12.1. The monoisotopic (exact) mass is 270 g/mol. The van der Waals surface area contributed by atoms with Crippen LogP contribution in [-0.4, -0.2) is 28.6 Å². The van der Waals surface area contributed by atoms with Gasteiger partial charge in [0.25, 0.3) is 0 Å². The zero-order valence-electron chi connectivity index (χ0n) is 11.3. The van der Waals surface area contributed by atoms with Gasteiger partial charge in [0.05, 0.1) is 10.7 Å². The lowest BCUT2D eigenvalue weighted by Crippen LogP contribution is -2.38. The molecule has 1 rings (SSSR count). The number of rotatable bonds is 7. The van der Waals surface area contributed by atoms with Gasteiger partial charge in [-0.05, 0) is 32.6 Å². The number of carbonyl (C=O) groups excluding carboxylic acids is 1. The van der Waals surface area contributed by atoms with E-state index in [2.05, 4.69) is 10.3 Å². The van der Waals surface area contributed by atoms with Crippen molar-refractivity contribution >= 4 is 17.2 Å². The summed E-state index contributed by atoms with van der Waals surface area (Å²) in [5, 5.41) is 15.0. The highest BCUT2D eigenvalue weighted by atomic mass is 32.1. The fourth-order valence-electron chi connectivity index (χ4n) is 1.58. The second-order valence-corrected chi connectivity index (χ2v) is 5.79. The number of amides is 1. The number of nitrogens with one attached hydrogen (secondary N) is 1. The lowest BCUT2D eigenvalue weighted by Gasteiger charge is -2.19. The molecule has 1 aromatic rings. The van der Waals surface area contributed by atoms with Crippen LogP contribution >= 0.6 is 11.3 Å². The maximum atomic E-state index is 11.7. The van der Waals surface area contributed by atoms with Crippen molar-refractivity contribution < 1.29 is 9.90 Å². The highest BCUT2D eigenvalue weighted by molar-refractivity contribution is 7.09. The molecule has 0 aliphatic rings. The SMILES string of the molecule is Cc1nc(CCCC(=O)NC(C)C(C)CO)cs1. The molecule has 0 aliphatic carbocycles. The van der Waals surface area contributed by atoms with Crippen molar-refractivity contribution in [1.82, 2.24) is 10.3 Å². The Kier molecular flexibility index (Phi) is 6.29. The Bertz CT molecular complexity index is 379. The maximum Gasteiger partial charge on any atom is 0.220 e. The molecule has 2 unspecified atom stereocenters. The van der Waals surface area contributed by atoms with Crippen molar-refractivity contribution in [2.24, 2.45) is 5.92 Å². The average molecular weight is 270 g/mol. The minimum Gasteiger partial charge on any atom is -0.396 e. The Balaban J connectivity index is 2.21. The molecule has 0 aromatic carbocycles. The molecule has 0 saturated heterocycles. The quantitative estimate of drug-likeness (QED) is 0.795. The summed E-state index contributed by atoms with van der Waals surface area (Å²) in [4.78, 5) is 16.0. The summed E-state index contributed by atoms with van der Waals surface area (Å²) < 4.78 is 0. The van der Waals surface area contributed by atoms with Crippen molar-refractivity contribution in [2.75, 3.05) is 6.61 Å². The van der Waals surface area contributed by atoms with E-state index < -0.39 is 0 Å². The first-order valence-corrected chi connectivity index (χ1v) is 7.22. The summed E-state index contributed by atoms with van der Waals surface area (Å²) in [5.41, 5.74) is 1.07. The van der Waals surface area contributed by atoms with E-state index in [0.29, 0.717) is 6.42 Å². The van der Waals surface area contributed by atoms with E-state index in [4.69, 9.17) is 5.11 Å². The molecule has 102 valence electrons. The first-order valence-electron chi connectivity index (χ1n) is 6.34.